The Balaban J connectivity index is 1.60. The number of primary amides is 1. The lowest BCUT2D eigenvalue weighted by Crippen LogP contribution is -2.55. The van der Waals surface area contributed by atoms with E-state index in [1.807, 2.05) is 0 Å². The van der Waals surface area contributed by atoms with Gasteiger partial charge in [-0.2, -0.15) is 0 Å². The number of carbonyl (C=O) groups is 1. The highest BCUT2D eigenvalue weighted by molar-refractivity contribution is 5.85. The molecule has 120 valence electrons. The van der Waals surface area contributed by atoms with Crippen molar-refractivity contribution in [3.63, 3.8) is 0 Å². The van der Waals surface area contributed by atoms with Gasteiger partial charge in [0.05, 0.1) is 12.1 Å². The maximum absolute atomic E-state index is 12.0. The lowest BCUT2D eigenvalue weighted by molar-refractivity contribution is -0.124. The summed E-state index contributed by atoms with van der Waals surface area (Å²) >= 11 is 0. The van der Waals surface area contributed by atoms with Crippen LogP contribution in [0, 0.1) is 5.92 Å². The van der Waals surface area contributed by atoms with E-state index in [9.17, 15) is 4.79 Å². The number of methoxy groups -OCH3 is 1. The van der Waals surface area contributed by atoms with Gasteiger partial charge in [0, 0.05) is 25.7 Å². The van der Waals surface area contributed by atoms with Crippen LogP contribution in [0.5, 0.6) is 0 Å². The normalized spacial score (nSPS) is 37.8. The Labute approximate surface area is 127 Å². The van der Waals surface area contributed by atoms with Crippen LogP contribution in [0.3, 0.4) is 0 Å². The van der Waals surface area contributed by atoms with Crippen LogP contribution in [-0.4, -0.2) is 55.2 Å². The smallest absolute Gasteiger partial charge is 0.237 e. The SMILES string of the molecule is COCC1CCCN(C2CCC(NC3CC3)(C(N)=O)C2)C1. The predicted octanol–water partition coefficient (Wildman–Crippen LogP) is 0.873. The van der Waals surface area contributed by atoms with Gasteiger partial charge >= 0.3 is 0 Å². The molecule has 5 nitrogen and oxygen atoms in total. The molecule has 3 rings (SSSR count). The fourth-order valence-electron chi connectivity index (χ4n) is 4.18. The van der Waals surface area contributed by atoms with Gasteiger partial charge in [0.15, 0.2) is 0 Å². The number of carbonyl (C=O) groups excluding carboxylic acids is 1. The second kappa shape index (κ2) is 6.23. The van der Waals surface area contributed by atoms with E-state index in [1.165, 1.54) is 25.7 Å². The monoisotopic (exact) mass is 295 g/mol. The molecule has 1 saturated heterocycles. The van der Waals surface area contributed by atoms with Crippen molar-refractivity contribution in [3.05, 3.63) is 0 Å². The van der Waals surface area contributed by atoms with E-state index in [0.717, 1.165) is 39.0 Å². The third-order valence-electron chi connectivity index (χ3n) is 5.49. The second-order valence-electron chi connectivity index (χ2n) is 7.22. The Morgan fingerprint density at radius 2 is 2.19 bits per heavy atom. The standard InChI is InChI=1S/C16H29N3O2/c1-21-11-12-3-2-8-19(10-12)14-6-7-16(9-14,15(17)20)18-13-4-5-13/h12-14,18H,2-11H2,1H3,(H2,17,20). The summed E-state index contributed by atoms with van der Waals surface area (Å²) in [5.41, 5.74) is 5.29. The van der Waals surface area contributed by atoms with Crippen molar-refractivity contribution in [2.75, 3.05) is 26.8 Å². The lowest BCUT2D eigenvalue weighted by atomic mass is 9.94. The molecule has 2 aliphatic carbocycles. The van der Waals surface area contributed by atoms with Crippen molar-refractivity contribution < 1.29 is 9.53 Å². The molecular formula is C16H29N3O2. The van der Waals surface area contributed by atoms with Gasteiger partial charge in [-0.25, -0.2) is 0 Å². The van der Waals surface area contributed by atoms with Crippen LogP contribution >= 0.6 is 0 Å². The number of hydrogen-bond acceptors (Lipinski definition) is 4. The summed E-state index contributed by atoms with van der Waals surface area (Å²) in [7, 11) is 1.78. The van der Waals surface area contributed by atoms with Crippen LogP contribution < -0.4 is 11.1 Å². The number of hydrogen-bond donors (Lipinski definition) is 2. The predicted molar refractivity (Wildman–Crippen MR) is 81.9 cm³/mol. The highest BCUT2D eigenvalue weighted by Gasteiger charge is 2.48. The Morgan fingerprint density at radius 3 is 2.86 bits per heavy atom. The minimum Gasteiger partial charge on any atom is -0.384 e. The number of piperidine rings is 1. The van der Waals surface area contributed by atoms with Crippen molar-refractivity contribution >= 4 is 5.91 Å². The molecule has 0 radical (unpaired) electrons. The molecule has 0 bridgehead atoms. The van der Waals surface area contributed by atoms with E-state index < -0.39 is 5.54 Å². The molecule has 21 heavy (non-hydrogen) atoms. The third kappa shape index (κ3) is 3.41. The van der Waals surface area contributed by atoms with E-state index in [1.54, 1.807) is 7.11 Å². The molecule has 2 saturated carbocycles. The minimum absolute atomic E-state index is 0.151. The van der Waals surface area contributed by atoms with Crippen LogP contribution in [0.1, 0.15) is 44.9 Å². The van der Waals surface area contributed by atoms with Gasteiger partial charge < -0.3 is 15.8 Å². The summed E-state index contributed by atoms with van der Waals surface area (Å²) in [5.74, 6) is 0.492. The summed E-state index contributed by atoms with van der Waals surface area (Å²) in [6, 6.07) is 1.03. The zero-order valence-corrected chi connectivity index (χ0v) is 13.1. The Morgan fingerprint density at radius 1 is 1.38 bits per heavy atom. The summed E-state index contributed by atoms with van der Waals surface area (Å²) < 4.78 is 5.32. The first-order chi connectivity index (χ1) is 10.1. The average Bonchev–Trinajstić information content (AvgIpc) is 3.16. The Hall–Kier alpha value is -0.650. The molecule has 0 aromatic carbocycles. The summed E-state index contributed by atoms with van der Waals surface area (Å²) in [6.07, 6.45) is 7.76. The quantitative estimate of drug-likeness (QED) is 0.763. The van der Waals surface area contributed by atoms with E-state index in [-0.39, 0.29) is 5.91 Å². The maximum atomic E-state index is 12.0. The topological polar surface area (TPSA) is 67.6 Å². The van der Waals surface area contributed by atoms with Crippen LogP contribution in [-0.2, 0) is 9.53 Å². The molecule has 0 spiro atoms. The lowest BCUT2D eigenvalue weighted by Gasteiger charge is -2.37. The van der Waals surface area contributed by atoms with Crippen molar-refractivity contribution in [2.24, 2.45) is 11.7 Å². The molecule has 3 N–H and O–H groups in total. The third-order valence-corrected chi connectivity index (χ3v) is 5.49. The van der Waals surface area contributed by atoms with Gasteiger partial charge in [-0.1, -0.05) is 0 Å². The van der Waals surface area contributed by atoms with E-state index >= 15 is 0 Å². The van der Waals surface area contributed by atoms with Crippen molar-refractivity contribution in [1.29, 1.82) is 0 Å². The second-order valence-corrected chi connectivity index (χ2v) is 7.22. The zero-order valence-electron chi connectivity index (χ0n) is 13.1. The first kappa shape index (κ1) is 15.3. The molecule has 1 amide bonds. The Kier molecular flexibility index (Phi) is 4.52. The number of ether oxygens (including phenoxy) is 1. The van der Waals surface area contributed by atoms with Crippen molar-refractivity contribution in [3.8, 4) is 0 Å². The van der Waals surface area contributed by atoms with E-state index in [4.69, 9.17) is 10.5 Å². The van der Waals surface area contributed by atoms with Gasteiger partial charge in [0.1, 0.15) is 0 Å². The van der Waals surface area contributed by atoms with Crippen molar-refractivity contribution in [2.45, 2.75) is 62.6 Å². The first-order valence-electron chi connectivity index (χ1n) is 8.43. The van der Waals surface area contributed by atoms with Gasteiger partial charge in [-0.05, 0) is 57.4 Å². The molecule has 3 aliphatic rings. The van der Waals surface area contributed by atoms with Crippen LogP contribution in [0.25, 0.3) is 0 Å². The number of amides is 1. The largest absolute Gasteiger partial charge is 0.384 e. The van der Waals surface area contributed by atoms with Crippen molar-refractivity contribution in [1.82, 2.24) is 10.2 Å². The molecule has 3 unspecified atom stereocenters. The molecule has 1 aliphatic heterocycles. The summed E-state index contributed by atoms with van der Waals surface area (Å²) in [4.78, 5) is 14.6. The molecule has 5 heteroatoms. The van der Waals surface area contributed by atoms with Crippen LogP contribution in [0.2, 0.25) is 0 Å². The first-order valence-corrected chi connectivity index (χ1v) is 8.43. The number of nitrogens with one attached hydrogen (secondary N) is 1. The van der Waals surface area contributed by atoms with Gasteiger partial charge in [0.2, 0.25) is 5.91 Å². The van der Waals surface area contributed by atoms with Gasteiger partial charge in [0.25, 0.3) is 0 Å². The minimum atomic E-state index is -0.444. The number of nitrogens with two attached hydrogens (primary N) is 1. The average molecular weight is 295 g/mol. The molecule has 3 atom stereocenters. The fourth-order valence-corrected chi connectivity index (χ4v) is 4.18. The highest BCUT2D eigenvalue weighted by atomic mass is 16.5. The molecule has 3 fully saturated rings. The molecule has 0 aromatic rings. The van der Waals surface area contributed by atoms with Gasteiger partial charge in [-0.15, -0.1) is 0 Å². The maximum Gasteiger partial charge on any atom is 0.237 e. The zero-order chi connectivity index (χ0) is 14.9. The Bertz CT molecular complexity index is 384. The molecule has 0 aromatic heterocycles. The molecule has 1 heterocycles. The summed E-state index contributed by atoms with van der Waals surface area (Å²) in [5, 5.41) is 3.55. The van der Waals surface area contributed by atoms with E-state index in [2.05, 4.69) is 10.2 Å². The van der Waals surface area contributed by atoms with Crippen LogP contribution in [0.4, 0.5) is 0 Å². The molecular weight excluding hydrogens is 266 g/mol. The number of nitrogens with zero attached hydrogens (tertiary/aromatic N) is 1. The van der Waals surface area contributed by atoms with Crippen LogP contribution in [0.15, 0.2) is 0 Å². The fraction of sp³-hybridized carbons (Fsp3) is 0.938. The summed E-state index contributed by atoms with van der Waals surface area (Å²) in [6.45, 7) is 3.12. The number of likely N-dealkylation sites (tertiary alicyclic amines) is 1. The van der Waals surface area contributed by atoms with Gasteiger partial charge in [-0.3, -0.25) is 9.69 Å². The highest BCUT2D eigenvalue weighted by Crippen LogP contribution is 2.37. The number of rotatable bonds is 6. The van der Waals surface area contributed by atoms with E-state index in [0.29, 0.717) is 18.0 Å².